The molecule has 3 aromatic rings. The van der Waals surface area contributed by atoms with Gasteiger partial charge in [0.1, 0.15) is 5.76 Å². The van der Waals surface area contributed by atoms with Gasteiger partial charge in [0.2, 0.25) is 5.91 Å². The topological polar surface area (TPSA) is 113 Å². The predicted octanol–water partition coefficient (Wildman–Crippen LogP) is 3.14. The highest BCUT2D eigenvalue weighted by atomic mass is 32.1. The first kappa shape index (κ1) is 24.5. The Balaban J connectivity index is 0.000000383. The second kappa shape index (κ2) is 10.6. The zero-order valence-corrected chi connectivity index (χ0v) is 18.4. The first-order chi connectivity index (χ1) is 15.6. The van der Waals surface area contributed by atoms with Crippen molar-refractivity contribution in [1.29, 1.82) is 0 Å². The van der Waals surface area contributed by atoms with Crippen LogP contribution >= 0.6 is 11.3 Å². The lowest BCUT2D eigenvalue weighted by atomic mass is 10.1. The summed E-state index contributed by atoms with van der Waals surface area (Å²) in [7, 11) is 0. The minimum absolute atomic E-state index is 0.0186. The zero-order chi connectivity index (χ0) is 24.0. The van der Waals surface area contributed by atoms with Crippen molar-refractivity contribution in [2.24, 2.45) is 0 Å². The number of aliphatic carboxylic acids is 1. The van der Waals surface area contributed by atoms with Crippen LogP contribution in [0.5, 0.6) is 0 Å². The third-order valence-electron chi connectivity index (χ3n) is 4.72. The minimum Gasteiger partial charge on any atom is -0.475 e. The van der Waals surface area contributed by atoms with Gasteiger partial charge >= 0.3 is 12.1 Å². The molecule has 3 aromatic heterocycles. The number of carboxylic acid groups (broad SMARTS) is 1. The van der Waals surface area contributed by atoms with E-state index in [4.69, 9.17) is 14.4 Å². The van der Waals surface area contributed by atoms with Gasteiger partial charge in [0.25, 0.3) is 0 Å². The number of nitrogens with zero attached hydrogens (tertiary/aromatic N) is 4. The molecule has 33 heavy (non-hydrogen) atoms. The average molecular weight is 485 g/mol. The average Bonchev–Trinajstić information content (AvgIpc) is 3.48. The lowest BCUT2D eigenvalue weighted by molar-refractivity contribution is -0.192. The van der Waals surface area contributed by atoms with Crippen molar-refractivity contribution in [3.63, 3.8) is 0 Å². The van der Waals surface area contributed by atoms with Gasteiger partial charge in [0, 0.05) is 36.8 Å². The molecule has 0 bridgehead atoms. The van der Waals surface area contributed by atoms with E-state index in [-0.39, 0.29) is 11.9 Å². The van der Waals surface area contributed by atoms with Crippen molar-refractivity contribution >= 4 is 23.2 Å². The molecule has 1 aliphatic heterocycles. The molecule has 0 aromatic carbocycles. The standard InChI is InChI=1S/C18H21N5O2S.C2HF3O2/c1-13-7-14(21-25-13)10-22-11-15-4-5-20-23(15)16(12-22)8-18(24)19-9-17-3-2-6-26-17;3-2(4,5)1(6)7/h2-7,16H,8-12H2,1H3,(H,19,24);(H,6,7). The van der Waals surface area contributed by atoms with Gasteiger partial charge in [-0.05, 0) is 24.4 Å². The summed E-state index contributed by atoms with van der Waals surface area (Å²) in [4.78, 5) is 24.7. The van der Waals surface area contributed by atoms with E-state index in [0.29, 0.717) is 19.5 Å². The number of rotatable bonds is 6. The summed E-state index contributed by atoms with van der Waals surface area (Å²) in [5.74, 6) is -1.90. The van der Waals surface area contributed by atoms with Crippen LogP contribution in [0.25, 0.3) is 0 Å². The van der Waals surface area contributed by atoms with Crippen molar-refractivity contribution in [2.45, 2.75) is 45.2 Å². The number of alkyl halides is 3. The number of aromatic nitrogens is 3. The van der Waals surface area contributed by atoms with Crippen molar-refractivity contribution in [3.05, 3.63) is 57.9 Å². The molecule has 1 aliphatic rings. The van der Waals surface area contributed by atoms with Gasteiger partial charge in [-0.2, -0.15) is 18.3 Å². The van der Waals surface area contributed by atoms with E-state index in [9.17, 15) is 18.0 Å². The summed E-state index contributed by atoms with van der Waals surface area (Å²) in [6.07, 6.45) is -2.87. The third kappa shape index (κ3) is 7.15. The number of nitrogens with one attached hydrogen (secondary N) is 1. The maximum absolute atomic E-state index is 12.4. The zero-order valence-electron chi connectivity index (χ0n) is 17.6. The summed E-state index contributed by atoms with van der Waals surface area (Å²) in [6, 6.07) is 8.00. The molecule has 9 nitrogen and oxygen atoms in total. The molecule has 0 aliphatic carbocycles. The van der Waals surface area contributed by atoms with E-state index in [1.165, 1.54) is 0 Å². The van der Waals surface area contributed by atoms with E-state index in [0.717, 1.165) is 35.1 Å². The Morgan fingerprint density at radius 3 is 2.73 bits per heavy atom. The Hall–Kier alpha value is -3.19. The Labute approximate surface area is 190 Å². The van der Waals surface area contributed by atoms with E-state index in [2.05, 4.69) is 20.5 Å². The SMILES string of the molecule is Cc1cc(CN2Cc3ccnn3C(CC(=O)NCc3cccs3)C2)no1.O=C(O)C(F)(F)F. The van der Waals surface area contributed by atoms with Gasteiger partial charge in [-0.1, -0.05) is 11.2 Å². The predicted molar refractivity (Wildman–Crippen MR) is 111 cm³/mol. The molecule has 2 N–H and O–H groups in total. The summed E-state index contributed by atoms with van der Waals surface area (Å²) in [6.45, 7) is 4.72. The van der Waals surface area contributed by atoms with Crippen LogP contribution in [0.3, 0.4) is 0 Å². The number of carbonyl (C=O) groups excluding carboxylic acids is 1. The molecular weight excluding hydrogens is 463 g/mol. The van der Waals surface area contributed by atoms with Crippen molar-refractivity contribution in [3.8, 4) is 0 Å². The molecule has 4 heterocycles. The first-order valence-corrected chi connectivity index (χ1v) is 10.8. The Morgan fingerprint density at radius 2 is 2.12 bits per heavy atom. The Kier molecular flexibility index (Phi) is 7.87. The van der Waals surface area contributed by atoms with Crippen LogP contribution in [-0.4, -0.2) is 49.5 Å². The lowest BCUT2D eigenvalue weighted by Crippen LogP contribution is -2.39. The molecule has 0 radical (unpaired) electrons. The van der Waals surface area contributed by atoms with Crippen molar-refractivity contribution < 1.29 is 32.4 Å². The number of carboxylic acids is 1. The van der Waals surface area contributed by atoms with E-state index >= 15 is 0 Å². The number of aryl methyl sites for hydroxylation is 1. The number of fused-ring (bicyclic) bond motifs is 1. The number of hydrogen-bond acceptors (Lipinski definition) is 7. The molecule has 4 rings (SSSR count). The molecular formula is C20H22F3N5O4S. The summed E-state index contributed by atoms with van der Waals surface area (Å²) < 4.78 is 38.9. The largest absolute Gasteiger partial charge is 0.490 e. The van der Waals surface area contributed by atoms with Gasteiger partial charge in [-0.3, -0.25) is 14.4 Å². The van der Waals surface area contributed by atoms with Gasteiger partial charge < -0.3 is 14.9 Å². The van der Waals surface area contributed by atoms with E-state index in [1.807, 2.05) is 41.3 Å². The van der Waals surface area contributed by atoms with E-state index < -0.39 is 12.1 Å². The second-order valence-corrected chi connectivity index (χ2v) is 8.41. The molecule has 0 saturated heterocycles. The van der Waals surface area contributed by atoms with Gasteiger partial charge in [-0.15, -0.1) is 11.3 Å². The van der Waals surface area contributed by atoms with Crippen LogP contribution in [0.15, 0.2) is 40.4 Å². The highest BCUT2D eigenvalue weighted by molar-refractivity contribution is 7.09. The maximum atomic E-state index is 12.4. The molecule has 1 unspecified atom stereocenters. The number of halogens is 3. The fourth-order valence-electron chi connectivity index (χ4n) is 3.34. The fraction of sp³-hybridized carbons (Fsp3) is 0.400. The smallest absolute Gasteiger partial charge is 0.475 e. The minimum atomic E-state index is -5.08. The lowest BCUT2D eigenvalue weighted by Gasteiger charge is -2.33. The van der Waals surface area contributed by atoms with Crippen LogP contribution in [0.1, 0.15) is 34.5 Å². The van der Waals surface area contributed by atoms with Crippen LogP contribution in [0.4, 0.5) is 13.2 Å². The number of carbonyl (C=O) groups is 2. The number of amides is 1. The van der Waals surface area contributed by atoms with Gasteiger partial charge in [-0.25, -0.2) is 4.79 Å². The first-order valence-electron chi connectivity index (χ1n) is 9.88. The van der Waals surface area contributed by atoms with Crippen LogP contribution < -0.4 is 5.32 Å². The second-order valence-electron chi connectivity index (χ2n) is 7.38. The fourth-order valence-corrected chi connectivity index (χ4v) is 3.99. The molecule has 1 atom stereocenters. The van der Waals surface area contributed by atoms with Crippen LogP contribution in [-0.2, 0) is 29.2 Å². The normalized spacial score (nSPS) is 15.9. The highest BCUT2D eigenvalue weighted by Crippen LogP contribution is 2.24. The van der Waals surface area contributed by atoms with Crippen LogP contribution in [0.2, 0.25) is 0 Å². The van der Waals surface area contributed by atoms with Crippen LogP contribution in [0, 0.1) is 6.92 Å². The van der Waals surface area contributed by atoms with E-state index in [1.54, 1.807) is 17.5 Å². The third-order valence-corrected chi connectivity index (χ3v) is 5.59. The number of thiophene rings is 1. The quantitative estimate of drug-likeness (QED) is 0.552. The Bertz CT molecular complexity index is 1060. The summed E-state index contributed by atoms with van der Waals surface area (Å²) in [5.41, 5.74) is 2.03. The monoisotopic (exact) mass is 485 g/mol. The van der Waals surface area contributed by atoms with Gasteiger partial charge in [0.05, 0.1) is 30.4 Å². The molecule has 0 fully saturated rings. The molecule has 0 spiro atoms. The highest BCUT2D eigenvalue weighted by Gasteiger charge is 2.38. The Morgan fingerprint density at radius 1 is 1.36 bits per heavy atom. The summed E-state index contributed by atoms with van der Waals surface area (Å²) >= 11 is 1.65. The molecule has 0 saturated carbocycles. The van der Waals surface area contributed by atoms with Gasteiger partial charge in [0.15, 0.2) is 0 Å². The molecule has 13 heteroatoms. The van der Waals surface area contributed by atoms with Crippen molar-refractivity contribution in [1.82, 2.24) is 25.2 Å². The maximum Gasteiger partial charge on any atom is 0.490 e. The molecule has 178 valence electrons. The van der Waals surface area contributed by atoms with Crippen molar-refractivity contribution in [2.75, 3.05) is 6.54 Å². The number of hydrogen-bond donors (Lipinski definition) is 2. The molecule has 1 amide bonds. The summed E-state index contributed by atoms with van der Waals surface area (Å²) in [5, 5.41) is 20.7.